The molecule has 3 heterocycles. The quantitative estimate of drug-likeness (QED) is 0.291. The van der Waals surface area contributed by atoms with Crippen LogP contribution in [0, 0.1) is 6.92 Å². The number of rotatable bonds is 7. The number of nitrogens with zero attached hydrogens (tertiary/aromatic N) is 2. The summed E-state index contributed by atoms with van der Waals surface area (Å²) in [6.07, 6.45) is 1.45. The second-order valence-corrected chi connectivity index (χ2v) is 11.8. The molecular formula is C27H32BClN2O4S. The molecule has 0 spiro atoms. The number of aromatic nitrogens is 2. The van der Waals surface area contributed by atoms with E-state index in [4.69, 9.17) is 35.6 Å². The SMILES string of the molecule is CCc1c(C)nc(-c2ccc(Cl)s2)nc1Cc1ccc(B2OC(C)(C)C(C)(C)O2)c(COC(C)=O)c1. The van der Waals surface area contributed by atoms with Crippen molar-refractivity contribution in [3.63, 3.8) is 0 Å². The van der Waals surface area contributed by atoms with E-state index in [0.717, 1.165) is 44.8 Å². The second-order valence-electron chi connectivity index (χ2n) is 10.1. The predicted molar refractivity (Wildman–Crippen MR) is 145 cm³/mol. The Morgan fingerprint density at radius 3 is 2.39 bits per heavy atom. The van der Waals surface area contributed by atoms with E-state index in [9.17, 15) is 4.79 Å². The van der Waals surface area contributed by atoms with E-state index in [0.29, 0.717) is 16.6 Å². The minimum absolute atomic E-state index is 0.144. The summed E-state index contributed by atoms with van der Waals surface area (Å²) in [5.41, 5.74) is 4.92. The fraction of sp³-hybridized carbons (Fsp3) is 0.444. The number of hydrogen-bond donors (Lipinski definition) is 0. The lowest BCUT2D eigenvalue weighted by molar-refractivity contribution is -0.142. The van der Waals surface area contributed by atoms with E-state index >= 15 is 0 Å². The number of benzene rings is 1. The maximum Gasteiger partial charge on any atom is 0.495 e. The van der Waals surface area contributed by atoms with Gasteiger partial charge >= 0.3 is 13.1 Å². The lowest BCUT2D eigenvalue weighted by Gasteiger charge is -2.32. The molecule has 1 fully saturated rings. The average Bonchev–Trinajstić information content (AvgIpc) is 3.31. The Kier molecular flexibility index (Phi) is 7.63. The number of carbonyl (C=O) groups is 1. The molecule has 0 amide bonds. The van der Waals surface area contributed by atoms with Crippen molar-refractivity contribution >= 4 is 41.5 Å². The lowest BCUT2D eigenvalue weighted by Crippen LogP contribution is -2.41. The first-order valence-electron chi connectivity index (χ1n) is 12.1. The van der Waals surface area contributed by atoms with E-state index < -0.39 is 18.3 Å². The van der Waals surface area contributed by atoms with Gasteiger partial charge in [0.15, 0.2) is 5.82 Å². The van der Waals surface area contributed by atoms with Gasteiger partial charge in [-0.05, 0) is 75.3 Å². The standard InChI is InChI=1S/C27H32BClN2O4S/c1-8-20-16(2)30-25(23-11-12-24(29)36-23)31-22(20)14-18-9-10-21(19(13-18)15-33-17(3)32)28-34-26(4,5)27(6,7)35-28/h9-13H,8,14-15H2,1-7H3. The molecule has 0 radical (unpaired) electrons. The summed E-state index contributed by atoms with van der Waals surface area (Å²) >= 11 is 7.63. The summed E-state index contributed by atoms with van der Waals surface area (Å²) in [6.45, 7) is 13.8. The van der Waals surface area contributed by atoms with Crippen LogP contribution < -0.4 is 5.46 Å². The molecule has 1 aliphatic rings. The fourth-order valence-electron chi connectivity index (χ4n) is 4.27. The maximum atomic E-state index is 11.6. The van der Waals surface area contributed by atoms with Crippen molar-refractivity contribution in [2.75, 3.05) is 0 Å². The smallest absolute Gasteiger partial charge is 0.461 e. The Labute approximate surface area is 222 Å². The minimum Gasteiger partial charge on any atom is -0.461 e. The first-order chi connectivity index (χ1) is 16.9. The molecule has 2 aromatic heterocycles. The van der Waals surface area contributed by atoms with Gasteiger partial charge < -0.3 is 14.0 Å². The molecule has 4 rings (SSSR count). The average molecular weight is 527 g/mol. The molecule has 0 N–H and O–H groups in total. The van der Waals surface area contributed by atoms with Crippen molar-refractivity contribution in [1.82, 2.24) is 9.97 Å². The number of carbonyl (C=O) groups excluding carboxylic acids is 1. The summed E-state index contributed by atoms with van der Waals surface area (Å²) in [5, 5.41) is 0. The highest BCUT2D eigenvalue weighted by Crippen LogP contribution is 2.37. The van der Waals surface area contributed by atoms with Crippen molar-refractivity contribution in [3.05, 3.63) is 62.7 Å². The fourth-order valence-corrected chi connectivity index (χ4v) is 5.25. The van der Waals surface area contributed by atoms with Crippen LogP contribution in [0.2, 0.25) is 4.34 Å². The van der Waals surface area contributed by atoms with Gasteiger partial charge in [-0.2, -0.15) is 0 Å². The summed E-state index contributed by atoms with van der Waals surface area (Å²) in [4.78, 5) is 22.2. The molecule has 9 heteroatoms. The van der Waals surface area contributed by atoms with E-state index in [1.807, 2.05) is 52.8 Å². The maximum absolute atomic E-state index is 11.6. The van der Waals surface area contributed by atoms with Crippen LogP contribution in [0.15, 0.2) is 30.3 Å². The molecule has 0 bridgehead atoms. The van der Waals surface area contributed by atoms with Gasteiger partial charge in [0.25, 0.3) is 0 Å². The number of ether oxygens (including phenoxy) is 1. The molecule has 1 saturated heterocycles. The number of aryl methyl sites for hydroxylation is 1. The number of thiophene rings is 1. The third-order valence-corrected chi connectivity index (χ3v) is 8.19. The molecule has 0 atom stereocenters. The van der Waals surface area contributed by atoms with Crippen LogP contribution in [0.1, 0.15) is 69.6 Å². The number of hydrogen-bond acceptors (Lipinski definition) is 7. The number of halogens is 1. The van der Waals surface area contributed by atoms with Crippen LogP contribution in [-0.4, -0.2) is 34.3 Å². The Morgan fingerprint density at radius 1 is 1.11 bits per heavy atom. The zero-order chi connectivity index (χ0) is 26.3. The van der Waals surface area contributed by atoms with Crippen LogP contribution >= 0.6 is 22.9 Å². The van der Waals surface area contributed by atoms with Crippen molar-refractivity contribution in [2.24, 2.45) is 0 Å². The normalized spacial score (nSPS) is 16.4. The zero-order valence-corrected chi connectivity index (χ0v) is 23.5. The molecule has 0 unspecified atom stereocenters. The second kappa shape index (κ2) is 10.2. The van der Waals surface area contributed by atoms with Gasteiger partial charge in [-0.3, -0.25) is 4.79 Å². The third-order valence-electron chi connectivity index (χ3n) is 6.96. The summed E-state index contributed by atoms with van der Waals surface area (Å²) in [6, 6.07) is 9.95. The van der Waals surface area contributed by atoms with Gasteiger partial charge in [-0.25, -0.2) is 9.97 Å². The Balaban J connectivity index is 1.70. The molecule has 1 aliphatic heterocycles. The van der Waals surface area contributed by atoms with E-state index in [2.05, 4.69) is 19.1 Å². The molecule has 6 nitrogen and oxygen atoms in total. The monoisotopic (exact) mass is 526 g/mol. The van der Waals surface area contributed by atoms with Gasteiger partial charge in [-0.1, -0.05) is 36.7 Å². The Bertz CT molecular complexity index is 1270. The van der Waals surface area contributed by atoms with E-state index in [1.54, 1.807) is 0 Å². The molecular weight excluding hydrogens is 495 g/mol. The van der Waals surface area contributed by atoms with Gasteiger partial charge in [0, 0.05) is 19.0 Å². The minimum atomic E-state index is -0.544. The Hall–Kier alpha value is -2.26. The van der Waals surface area contributed by atoms with Crippen molar-refractivity contribution in [1.29, 1.82) is 0 Å². The highest BCUT2D eigenvalue weighted by atomic mass is 35.5. The van der Waals surface area contributed by atoms with Crippen LogP contribution in [-0.2, 0) is 38.3 Å². The molecule has 0 saturated carbocycles. The first-order valence-corrected chi connectivity index (χ1v) is 13.3. The molecule has 1 aromatic carbocycles. The topological polar surface area (TPSA) is 70.5 Å². The van der Waals surface area contributed by atoms with Crippen LogP contribution in [0.3, 0.4) is 0 Å². The van der Waals surface area contributed by atoms with Gasteiger partial charge in [0.2, 0.25) is 0 Å². The van der Waals surface area contributed by atoms with Crippen molar-refractivity contribution in [2.45, 2.75) is 79.1 Å². The van der Waals surface area contributed by atoms with Crippen molar-refractivity contribution in [3.8, 4) is 10.7 Å². The molecule has 0 aliphatic carbocycles. The van der Waals surface area contributed by atoms with E-state index in [-0.39, 0.29) is 12.6 Å². The molecule has 3 aromatic rings. The third kappa shape index (κ3) is 5.52. The van der Waals surface area contributed by atoms with Gasteiger partial charge in [-0.15, -0.1) is 11.3 Å². The summed E-state index contributed by atoms with van der Waals surface area (Å²) in [5.74, 6) is 0.352. The van der Waals surface area contributed by atoms with Crippen LogP contribution in [0.25, 0.3) is 10.7 Å². The van der Waals surface area contributed by atoms with Crippen LogP contribution in [0.5, 0.6) is 0 Å². The lowest BCUT2D eigenvalue weighted by atomic mass is 9.75. The van der Waals surface area contributed by atoms with Gasteiger partial charge in [0.05, 0.1) is 26.1 Å². The van der Waals surface area contributed by atoms with E-state index in [1.165, 1.54) is 18.3 Å². The van der Waals surface area contributed by atoms with Crippen molar-refractivity contribution < 1.29 is 18.8 Å². The number of esters is 1. The summed E-state index contributed by atoms with van der Waals surface area (Å²) < 4.78 is 18.7. The highest BCUT2D eigenvalue weighted by Gasteiger charge is 2.52. The summed E-state index contributed by atoms with van der Waals surface area (Å²) in [7, 11) is -0.544. The predicted octanol–water partition coefficient (Wildman–Crippen LogP) is 5.68. The Morgan fingerprint density at radius 2 is 1.81 bits per heavy atom. The largest absolute Gasteiger partial charge is 0.495 e. The molecule has 36 heavy (non-hydrogen) atoms. The van der Waals surface area contributed by atoms with Gasteiger partial charge in [0.1, 0.15) is 6.61 Å². The molecule has 190 valence electrons. The van der Waals surface area contributed by atoms with Crippen LogP contribution in [0.4, 0.5) is 0 Å². The zero-order valence-electron chi connectivity index (χ0n) is 21.9. The highest BCUT2D eigenvalue weighted by molar-refractivity contribution is 7.19. The first kappa shape index (κ1) is 26.8.